The lowest BCUT2D eigenvalue weighted by Crippen LogP contribution is -2.12. The number of pyridine rings is 1. The maximum Gasteiger partial charge on any atom is 0.352 e. The van der Waals surface area contributed by atoms with Gasteiger partial charge in [-0.25, -0.2) is 4.79 Å². The van der Waals surface area contributed by atoms with Crippen LogP contribution >= 0.6 is 11.6 Å². The fourth-order valence-electron chi connectivity index (χ4n) is 2.74. The molecule has 0 atom stereocenters. The molecular weight excluding hydrogens is 324 g/mol. The van der Waals surface area contributed by atoms with Gasteiger partial charge in [0.15, 0.2) is 0 Å². The van der Waals surface area contributed by atoms with Crippen molar-refractivity contribution in [3.63, 3.8) is 0 Å². The number of hydrogen-bond acceptors (Lipinski definition) is 2. The Morgan fingerprint density at radius 2 is 1.88 bits per heavy atom. The minimum atomic E-state index is -0.976. The van der Waals surface area contributed by atoms with Crippen LogP contribution in [0.25, 0.3) is 11.0 Å². The van der Waals surface area contributed by atoms with Crippen LogP contribution in [0.2, 0.25) is 5.02 Å². The second-order valence-electron chi connectivity index (χ2n) is 6.93. The molecule has 3 rings (SSSR count). The molecule has 4 nitrogen and oxygen atoms in total. The molecule has 5 heteroatoms. The van der Waals surface area contributed by atoms with Gasteiger partial charge in [-0.2, -0.15) is 0 Å². The smallest absolute Gasteiger partial charge is 0.352 e. The second-order valence-corrected chi connectivity index (χ2v) is 7.36. The molecule has 0 unspecified atom stereocenters. The summed E-state index contributed by atoms with van der Waals surface area (Å²) in [6.07, 6.45) is 1.53. The number of nitrogens with zero attached hydrogens (tertiary/aromatic N) is 2. The zero-order valence-electron chi connectivity index (χ0n) is 13.9. The van der Waals surface area contributed by atoms with Crippen molar-refractivity contribution in [3.8, 4) is 0 Å². The summed E-state index contributed by atoms with van der Waals surface area (Å²) >= 11 is 6.03. The first-order valence-electron chi connectivity index (χ1n) is 7.73. The second kappa shape index (κ2) is 5.95. The van der Waals surface area contributed by atoms with Crippen LogP contribution in [0, 0.1) is 0 Å². The van der Waals surface area contributed by atoms with E-state index in [1.807, 2.05) is 12.1 Å². The van der Waals surface area contributed by atoms with Gasteiger partial charge in [-0.15, -0.1) is 0 Å². The molecule has 2 aromatic heterocycles. The van der Waals surface area contributed by atoms with E-state index in [1.54, 1.807) is 16.7 Å². The van der Waals surface area contributed by atoms with Crippen LogP contribution in [0.15, 0.2) is 42.6 Å². The van der Waals surface area contributed by atoms with E-state index in [1.165, 1.54) is 11.8 Å². The highest BCUT2D eigenvalue weighted by atomic mass is 35.5. The normalized spacial score (nSPS) is 11.8. The number of fused-ring (bicyclic) bond motifs is 1. The molecule has 24 heavy (non-hydrogen) atoms. The fourth-order valence-corrected chi connectivity index (χ4v) is 2.90. The summed E-state index contributed by atoms with van der Waals surface area (Å²) in [4.78, 5) is 15.8. The summed E-state index contributed by atoms with van der Waals surface area (Å²) in [5, 5.41) is 9.97. The van der Waals surface area contributed by atoms with Gasteiger partial charge in [0.25, 0.3) is 0 Å². The minimum absolute atomic E-state index is 0.0857. The molecule has 0 bridgehead atoms. The Hall–Kier alpha value is -2.33. The van der Waals surface area contributed by atoms with Crippen molar-refractivity contribution in [3.05, 3.63) is 64.4 Å². The average molecular weight is 343 g/mol. The lowest BCUT2D eigenvalue weighted by molar-refractivity contribution is 0.0686. The maximum absolute atomic E-state index is 11.6. The van der Waals surface area contributed by atoms with Gasteiger partial charge in [-0.05, 0) is 28.7 Å². The Kier molecular flexibility index (Phi) is 4.10. The number of rotatable bonds is 3. The number of carboxylic acids is 1. The number of benzene rings is 1. The Balaban J connectivity index is 2.04. The molecule has 0 amide bonds. The van der Waals surface area contributed by atoms with E-state index in [2.05, 4.69) is 37.9 Å². The zero-order valence-corrected chi connectivity index (χ0v) is 14.6. The lowest BCUT2D eigenvalue weighted by Gasteiger charge is -2.19. The molecule has 0 spiro atoms. The van der Waals surface area contributed by atoms with Gasteiger partial charge in [-0.1, -0.05) is 56.6 Å². The molecule has 0 aliphatic carbocycles. The molecular formula is C19H19ClN2O2. The average Bonchev–Trinajstić information content (AvgIpc) is 2.85. The number of halogens is 1. The summed E-state index contributed by atoms with van der Waals surface area (Å²) in [5.74, 6) is -0.976. The number of aromatic carboxylic acids is 1. The third-order valence-electron chi connectivity index (χ3n) is 4.10. The monoisotopic (exact) mass is 342 g/mol. The number of aromatic nitrogens is 2. The van der Waals surface area contributed by atoms with E-state index >= 15 is 0 Å². The first kappa shape index (κ1) is 16.5. The van der Waals surface area contributed by atoms with Gasteiger partial charge >= 0.3 is 5.97 Å². The van der Waals surface area contributed by atoms with Gasteiger partial charge in [-0.3, -0.25) is 4.98 Å². The van der Waals surface area contributed by atoms with E-state index in [-0.39, 0.29) is 11.1 Å². The van der Waals surface area contributed by atoms with Gasteiger partial charge in [0.1, 0.15) is 5.69 Å². The van der Waals surface area contributed by atoms with E-state index in [0.717, 1.165) is 11.1 Å². The first-order valence-corrected chi connectivity index (χ1v) is 8.11. The lowest BCUT2D eigenvalue weighted by atomic mass is 9.87. The summed E-state index contributed by atoms with van der Waals surface area (Å²) in [5.41, 5.74) is 3.92. The summed E-state index contributed by atoms with van der Waals surface area (Å²) in [6, 6.07) is 11.6. The van der Waals surface area contributed by atoms with Gasteiger partial charge in [0.2, 0.25) is 0 Å². The van der Waals surface area contributed by atoms with Crippen molar-refractivity contribution in [2.45, 2.75) is 32.7 Å². The van der Waals surface area contributed by atoms with Crippen molar-refractivity contribution in [2.75, 3.05) is 0 Å². The molecule has 0 aliphatic heterocycles. The van der Waals surface area contributed by atoms with E-state index < -0.39 is 5.97 Å². The highest BCUT2D eigenvalue weighted by molar-refractivity contribution is 6.31. The van der Waals surface area contributed by atoms with E-state index in [0.29, 0.717) is 17.1 Å². The Morgan fingerprint density at radius 3 is 2.46 bits per heavy atom. The molecule has 0 aliphatic rings. The van der Waals surface area contributed by atoms with Gasteiger partial charge in [0, 0.05) is 12.7 Å². The quantitative estimate of drug-likeness (QED) is 0.748. The van der Waals surface area contributed by atoms with Crippen LogP contribution in [-0.4, -0.2) is 20.6 Å². The van der Waals surface area contributed by atoms with Gasteiger partial charge < -0.3 is 9.67 Å². The molecule has 3 aromatic rings. The van der Waals surface area contributed by atoms with Crippen molar-refractivity contribution in [1.29, 1.82) is 0 Å². The predicted molar refractivity (Wildman–Crippen MR) is 95.9 cm³/mol. The van der Waals surface area contributed by atoms with Crippen LogP contribution in [0.1, 0.15) is 42.4 Å². The van der Waals surface area contributed by atoms with Crippen LogP contribution in [0.5, 0.6) is 0 Å². The van der Waals surface area contributed by atoms with Crippen LogP contribution in [0.3, 0.4) is 0 Å². The van der Waals surface area contributed by atoms with Crippen molar-refractivity contribution in [2.24, 2.45) is 0 Å². The Labute approximate surface area is 145 Å². The number of hydrogen-bond donors (Lipinski definition) is 1. The number of carbonyl (C=O) groups is 1. The highest BCUT2D eigenvalue weighted by Crippen LogP contribution is 2.25. The van der Waals surface area contributed by atoms with Crippen molar-refractivity contribution >= 4 is 28.6 Å². The van der Waals surface area contributed by atoms with E-state index in [4.69, 9.17) is 11.6 Å². The third-order valence-corrected chi connectivity index (χ3v) is 4.31. The minimum Gasteiger partial charge on any atom is -0.477 e. The topological polar surface area (TPSA) is 55.1 Å². The molecule has 0 saturated heterocycles. The SMILES string of the molecule is CC(C)(C)c1ccc(Cn2c(C(=O)O)cc3ncc(Cl)cc32)cc1. The molecule has 2 heterocycles. The van der Waals surface area contributed by atoms with Crippen molar-refractivity contribution in [1.82, 2.24) is 9.55 Å². The van der Waals surface area contributed by atoms with Crippen LogP contribution < -0.4 is 0 Å². The first-order chi connectivity index (χ1) is 11.3. The maximum atomic E-state index is 11.6. The standard InChI is InChI=1S/C19H19ClN2O2/c1-19(2,3)13-6-4-12(5-7-13)11-22-16-8-14(20)10-21-15(16)9-17(22)18(23)24/h4-10H,11H2,1-3H3,(H,23,24). The summed E-state index contributed by atoms with van der Waals surface area (Å²) in [7, 11) is 0. The van der Waals surface area contributed by atoms with Crippen LogP contribution in [-0.2, 0) is 12.0 Å². The molecule has 0 fully saturated rings. The fraction of sp³-hybridized carbons (Fsp3) is 0.263. The Morgan fingerprint density at radius 1 is 1.21 bits per heavy atom. The van der Waals surface area contributed by atoms with E-state index in [9.17, 15) is 9.90 Å². The predicted octanol–water partition coefficient (Wildman–Crippen LogP) is 4.73. The van der Waals surface area contributed by atoms with Crippen molar-refractivity contribution < 1.29 is 9.90 Å². The molecule has 1 aromatic carbocycles. The zero-order chi connectivity index (χ0) is 17.5. The number of carboxylic acid groups (broad SMARTS) is 1. The molecule has 1 N–H and O–H groups in total. The highest BCUT2D eigenvalue weighted by Gasteiger charge is 2.17. The summed E-state index contributed by atoms with van der Waals surface area (Å²) in [6.45, 7) is 6.95. The third kappa shape index (κ3) is 3.15. The van der Waals surface area contributed by atoms with Gasteiger partial charge in [0.05, 0.1) is 16.1 Å². The van der Waals surface area contributed by atoms with Crippen LogP contribution in [0.4, 0.5) is 0 Å². The molecule has 124 valence electrons. The Bertz CT molecular complexity index is 906. The largest absolute Gasteiger partial charge is 0.477 e. The summed E-state index contributed by atoms with van der Waals surface area (Å²) < 4.78 is 1.74. The molecule has 0 saturated carbocycles. The molecule has 0 radical (unpaired) electrons.